The average Bonchev–Trinajstić information content (AvgIpc) is 2.67. The summed E-state index contributed by atoms with van der Waals surface area (Å²) in [6, 6.07) is 0. The molecule has 4 aliphatic rings. The lowest BCUT2D eigenvalue weighted by Gasteiger charge is -2.43. The van der Waals surface area contributed by atoms with Crippen molar-refractivity contribution in [1.82, 2.24) is 0 Å². The Morgan fingerprint density at radius 1 is 0.850 bits per heavy atom. The molecule has 2 unspecified atom stereocenters. The van der Waals surface area contributed by atoms with E-state index < -0.39 is 0 Å². The first-order chi connectivity index (χ1) is 8.36. The van der Waals surface area contributed by atoms with Gasteiger partial charge in [-0.1, -0.05) is 0 Å². The zero-order chi connectivity index (χ0) is 13.0. The fourth-order valence-electron chi connectivity index (χ4n) is 5.09. The summed E-state index contributed by atoms with van der Waals surface area (Å²) >= 11 is 0. The van der Waals surface area contributed by atoms with Crippen LogP contribution in [0.25, 0.3) is 0 Å². The molecular weight excluding hydrogens is 474 g/mol. The zero-order valence-corrected chi connectivity index (χ0v) is 17.9. The molecule has 0 amide bonds. The summed E-state index contributed by atoms with van der Waals surface area (Å²) in [7, 11) is 9.53. The fourth-order valence-corrected chi connectivity index (χ4v) is 5.09. The van der Waals surface area contributed by atoms with Crippen LogP contribution in [-0.2, 0) is 0 Å². The van der Waals surface area contributed by atoms with E-state index in [1.54, 1.807) is 25.7 Å². The topological polar surface area (TPSA) is 0 Å². The molecule has 2 nitrogen and oxygen atoms in total. The first-order valence-corrected chi connectivity index (χ1v) is 8.00. The highest BCUT2D eigenvalue weighted by Gasteiger charge is 2.53. The van der Waals surface area contributed by atoms with Crippen LogP contribution in [-0.4, -0.2) is 63.3 Å². The summed E-state index contributed by atoms with van der Waals surface area (Å²) < 4.78 is 2.49. The molecule has 0 spiro atoms. The van der Waals surface area contributed by atoms with Crippen LogP contribution in [0.2, 0.25) is 0 Å². The normalized spacial score (nSPS) is 42.6. The van der Waals surface area contributed by atoms with Crippen molar-refractivity contribution >= 4 is 0 Å². The van der Waals surface area contributed by atoms with Gasteiger partial charge in [0.2, 0.25) is 0 Å². The van der Waals surface area contributed by atoms with Gasteiger partial charge in [-0.25, -0.2) is 0 Å². The monoisotopic (exact) mass is 506 g/mol. The van der Waals surface area contributed by atoms with Crippen molar-refractivity contribution in [3.05, 3.63) is 0 Å². The van der Waals surface area contributed by atoms with Crippen molar-refractivity contribution in [1.29, 1.82) is 0 Å². The van der Waals surface area contributed by atoms with Crippen LogP contribution in [0.4, 0.5) is 0 Å². The van der Waals surface area contributed by atoms with E-state index in [0.717, 1.165) is 28.2 Å². The van der Waals surface area contributed by atoms with E-state index >= 15 is 0 Å². The van der Waals surface area contributed by atoms with Gasteiger partial charge in [-0.3, -0.25) is 0 Å². The van der Waals surface area contributed by atoms with Crippen molar-refractivity contribution in [3.63, 3.8) is 0 Å². The number of hydrogen-bond acceptors (Lipinski definition) is 0. The molecule has 3 aliphatic carbocycles. The van der Waals surface area contributed by atoms with Crippen LogP contribution < -0.4 is 48.0 Å². The Kier molecular flexibility index (Phi) is 6.67. The summed E-state index contributed by atoms with van der Waals surface area (Å²) in [5.41, 5.74) is 0. The molecule has 4 fully saturated rings. The first-order valence-electron chi connectivity index (χ1n) is 8.00. The van der Waals surface area contributed by atoms with Crippen molar-refractivity contribution < 1.29 is 56.9 Å². The Balaban J connectivity index is 0.000001000. The van der Waals surface area contributed by atoms with E-state index in [2.05, 4.69) is 28.2 Å². The van der Waals surface area contributed by atoms with Crippen molar-refractivity contribution in [2.24, 2.45) is 23.7 Å². The Labute approximate surface area is 159 Å². The number of rotatable bonds is 3. The highest BCUT2D eigenvalue weighted by Crippen LogP contribution is 2.53. The Morgan fingerprint density at radius 3 is 1.60 bits per heavy atom. The molecule has 0 aromatic carbocycles. The van der Waals surface area contributed by atoms with Crippen molar-refractivity contribution in [3.8, 4) is 0 Å². The largest absolute Gasteiger partial charge is 1.00 e. The first kappa shape index (κ1) is 19.4. The van der Waals surface area contributed by atoms with Gasteiger partial charge in [-0.05, 0) is 37.5 Å². The predicted molar refractivity (Wildman–Crippen MR) is 76.1 cm³/mol. The van der Waals surface area contributed by atoms with Crippen LogP contribution >= 0.6 is 0 Å². The second-order valence-corrected chi connectivity index (χ2v) is 8.72. The molecule has 1 heterocycles. The third-order valence-corrected chi connectivity index (χ3v) is 6.19. The number of likely N-dealkylation sites (tertiary alicyclic amines) is 1. The summed E-state index contributed by atoms with van der Waals surface area (Å²) in [6.45, 7) is 5.69. The van der Waals surface area contributed by atoms with Crippen LogP contribution in [0.3, 0.4) is 0 Å². The molecule has 1 saturated heterocycles. The lowest BCUT2D eigenvalue weighted by Crippen LogP contribution is -3.00. The summed E-state index contributed by atoms with van der Waals surface area (Å²) in [5, 5.41) is 0. The molecule has 20 heavy (non-hydrogen) atoms. The number of fused-ring (bicyclic) bond motifs is 2. The maximum absolute atomic E-state index is 2.54. The lowest BCUT2D eigenvalue weighted by atomic mass is 9.60. The number of quaternary nitrogens is 2. The molecule has 1 aliphatic heterocycles. The molecule has 0 aromatic heterocycles. The van der Waals surface area contributed by atoms with Crippen molar-refractivity contribution in [2.45, 2.75) is 25.7 Å². The highest BCUT2D eigenvalue weighted by molar-refractivity contribution is 4.95. The quantitative estimate of drug-likeness (QED) is 0.273. The maximum Gasteiger partial charge on any atom is 0.128 e. The minimum atomic E-state index is 0. The molecule has 0 N–H and O–H groups in total. The minimum Gasteiger partial charge on any atom is -1.00 e. The van der Waals surface area contributed by atoms with Gasteiger partial charge in [0.15, 0.2) is 0 Å². The molecule has 4 rings (SSSR count). The number of nitrogens with zero attached hydrogens (tertiary/aromatic N) is 2. The molecule has 2 atom stereocenters. The van der Waals surface area contributed by atoms with E-state index in [9.17, 15) is 0 Å². The van der Waals surface area contributed by atoms with Crippen LogP contribution in [0, 0.1) is 23.7 Å². The van der Waals surface area contributed by atoms with E-state index in [0.29, 0.717) is 0 Å². The fraction of sp³-hybridized carbons (Fsp3) is 1.00. The van der Waals surface area contributed by atoms with E-state index in [4.69, 9.17) is 0 Å². The van der Waals surface area contributed by atoms with Gasteiger partial charge in [-0.2, -0.15) is 0 Å². The third-order valence-electron chi connectivity index (χ3n) is 6.19. The van der Waals surface area contributed by atoms with Crippen LogP contribution in [0.15, 0.2) is 0 Å². The van der Waals surface area contributed by atoms with Gasteiger partial charge in [-0.15, -0.1) is 0 Å². The second kappa shape index (κ2) is 6.87. The Hall–Kier alpha value is 1.38. The Morgan fingerprint density at radius 2 is 1.25 bits per heavy atom. The highest BCUT2D eigenvalue weighted by atomic mass is 127. The molecule has 120 valence electrons. The number of halogens is 2. The zero-order valence-electron chi connectivity index (χ0n) is 13.6. The minimum absolute atomic E-state index is 0. The number of likely N-dealkylation sites (N-methyl/N-ethyl adjacent to an activating group) is 2. The summed E-state index contributed by atoms with van der Waals surface area (Å²) in [4.78, 5) is 0. The van der Waals surface area contributed by atoms with Gasteiger partial charge < -0.3 is 56.9 Å². The molecule has 3 saturated carbocycles. The number of hydrogen-bond donors (Lipinski definition) is 0. The average molecular weight is 506 g/mol. The van der Waals surface area contributed by atoms with E-state index in [1.165, 1.54) is 30.7 Å². The van der Waals surface area contributed by atoms with Gasteiger partial charge in [0.25, 0.3) is 0 Å². The van der Waals surface area contributed by atoms with Gasteiger partial charge in [0.1, 0.15) is 13.1 Å². The summed E-state index contributed by atoms with van der Waals surface area (Å²) in [6.07, 6.45) is 6.23. The molecule has 2 bridgehead atoms. The SMILES string of the molecule is C[N+](C)(C)CC[N+]1(C)CC2C3CCC(CC3)C2C1.[I-].[I-]. The lowest BCUT2D eigenvalue weighted by molar-refractivity contribution is -0.943. The van der Waals surface area contributed by atoms with Gasteiger partial charge in [0, 0.05) is 11.8 Å². The Bertz CT molecular complexity index is 299. The molecule has 0 radical (unpaired) electrons. The molecule has 4 heteroatoms. The smallest absolute Gasteiger partial charge is 0.128 e. The molecule has 0 aromatic rings. The third kappa shape index (κ3) is 4.02. The van der Waals surface area contributed by atoms with E-state index in [-0.39, 0.29) is 48.0 Å². The van der Waals surface area contributed by atoms with Crippen molar-refractivity contribution in [2.75, 3.05) is 54.4 Å². The predicted octanol–water partition coefficient (Wildman–Crippen LogP) is -3.79. The van der Waals surface area contributed by atoms with Crippen LogP contribution in [0.5, 0.6) is 0 Å². The van der Waals surface area contributed by atoms with E-state index in [1.807, 2.05) is 0 Å². The second-order valence-electron chi connectivity index (χ2n) is 8.72. The maximum atomic E-state index is 2.54. The standard InChI is InChI=1S/C16H32N2.2HI/c1-17(2,3)9-10-18(4)11-15-13-5-6-14(8-7-13)16(15)12-18;;/h13-16H,5-12H2,1-4H3;2*1H/q+2;;/p-2. The summed E-state index contributed by atoms with van der Waals surface area (Å²) in [5.74, 6) is 4.39. The molecular formula is C16H32I2N2. The van der Waals surface area contributed by atoms with Gasteiger partial charge >= 0.3 is 0 Å². The van der Waals surface area contributed by atoms with Crippen LogP contribution in [0.1, 0.15) is 25.7 Å². The van der Waals surface area contributed by atoms with Gasteiger partial charge in [0.05, 0.1) is 41.3 Å².